The third-order valence-electron chi connectivity index (χ3n) is 4.10. The Hall–Kier alpha value is -2.35. The van der Waals surface area contributed by atoms with Crippen molar-refractivity contribution in [2.75, 3.05) is 18.4 Å². The number of hydrogen-bond donors (Lipinski definition) is 3. The molecule has 1 amide bonds. The Labute approximate surface area is 163 Å². The summed E-state index contributed by atoms with van der Waals surface area (Å²) in [6, 6.07) is 9.78. The first-order chi connectivity index (χ1) is 11.8. The van der Waals surface area contributed by atoms with Crippen molar-refractivity contribution in [2.45, 2.75) is 13.0 Å². The maximum atomic E-state index is 12.6. The van der Waals surface area contributed by atoms with Gasteiger partial charge in [0.1, 0.15) is 11.5 Å². The van der Waals surface area contributed by atoms with Crippen LogP contribution in [-0.2, 0) is 13.0 Å². The van der Waals surface area contributed by atoms with E-state index < -0.39 is 0 Å². The van der Waals surface area contributed by atoms with E-state index in [0.29, 0.717) is 11.4 Å². The molecule has 3 aromatic rings. The number of benzene rings is 1. The molecule has 138 valence electrons. The summed E-state index contributed by atoms with van der Waals surface area (Å²) in [6.45, 7) is 2.61. The Bertz CT molecular complexity index is 838. The first-order valence-electron chi connectivity index (χ1n) is 7.98. The highest BCUT2D eigenvalue weighted by atomic mass is 35.5. The van der Waals surface area contributed by atoms with Gasteiger partial charge in [-0.05, 0) is 0 Å². The van der Waals surface area contributed by atoms with E-state index in [-0.39, 0.29) is 30.7 Å². The van der Waals surface area contributed by atoms with Crippen molar-refractivity contribution < 1.29 is 4.79 Å². The van der Waals surface area contributed by atoms with Crippen LogP contribution in [0.1, 0.15) is 16.3 Å². The molecule has 7 nitrogen and oxygen atoms in total. The largest absolute Gasteiger partial charge is 0.333 e. The van der Waals surface area contributed by atoms with E-state index in [1.807, 2.05) is 41.1 Å². The molecule has 0 radical (unpaired) electrons. The van der Waals surface area contributed by atoms with E-state index in [0.717, 1.165) is 43.1 Å². The zero-order valence-electron chi connectivity index (χ0n) is 13.9. The second kappa shape index (κ2) is 8.84. The van der Waals surface area contributed by atoms with Gasteiger partial charge in [-0.1, -0.05) is 30.3 Å². The number of aromatic nitrogens is 4. The Kier molecular flexibility index (Phi) is 6.79. The Morgan fingerprint density at radius 2 is 1.96 bits per heavy atom. The van der Waals surface area contributed by atoms with Crippen LogP contribution in [0.4, 0.5) is 5.69 Å². The lowest BCUT2D eigenvalue weighted by Gasteiger charge is -2.04. The number of imidazole rings is 1. The van der Waals surface area contributed by atoms with Gasteiger partial charge in [0, 0.05) is 37.8 Å². The van der Waals surface area contributed by atoms with Crippen molar-refractivity contribution in [1.82, 2.24) is 25.1 Å². The van der Waals surface area contributed by atoms with E-state index in [9.17, 15) is 4.79 Å². The van der Waals surface area contributed by atoms with Gasteiger partial charge in [-0.25, -0.2) is 4.98 Å². The molecule has 1 aliphatic heterocycles. The highest BCUT2D eigenvalue weighted by molar-refractivity contribution is 6.04. The van der Waals surface area contributed by atoms with Gasteiger partial charge in [0.25, 0.3) is 5.91 Å². The fraction of sp³-hybridized carbons (Fsp3) is 0.235. The minimum atomic E-state index is -0.220. The number of anilines is 1. The number of rotatable bonds is 3. The first kappa shape index (κ1) is 20.0. The summed E-state index contributed by atoms with van der Waals surface area (Å²) >= 11 is 0. The van der Waals surface area contributed by atoms with Crippen LogP contribution >= 0.6 is 24.8 Å². The van der Waals surface area contributed by atoms with Crippen molar-refractivity contribution in [3.63, 3.8) is 0 Å². The molecule has 2 aromatic heterocycles. The molecule has 0 atom stereocenters. The average Bonchev–Trinajstić information content (AvgIpc) is 3.17. The van der Waals surface area contributed by atoms with Crippen LogP contribution in [0.2, 0.25) is 0 Å². The fourth-order valence-corrected chi connectivity index (χ4v) is 2.87. The third kappa shape index (κ3) is 4.07. The molecule has 3 heterocycles. The fourth-order valence-electron chi connectivity index (χ4n) is 2.87. The van der Waals surface area contributed by atoms with Crippen LogP contribution in [0.5, 0.6) is 0 Å². The molecule has 4 rings (SSSR count). The minimum absolute atomic E-state index is 0. The van der Waals surface area contributed by atoms with Gasteiger partial charge in [0.15, 0.2) is 0 Å². The SMILES string of the molecule is Cl.Cl.O=C(Nc1cn[nH]c1-c1ccccc1)c1cn2c(n1)CCNCC2. The summed E-state index contributed by atoms with van der Waals surface area (Å²) in [7, 11) is 0. The molecule has 0 saturated carbocycles. The molecule has 0 aliphatic carbocycles. The van der Waals surface area contributed by atoms with Gasteiger partial charge in [-0.3, -0.25) is 9.89 Å². The molecule has 0 saturated heterocycles. The van der Waals surface area contributed by atoms with E-state index in [1.54, 1.807) is 6.20 Å². The van der Waals surface area contributed by atoms with Gasteiger partial charge in [0.05, 0.1) is 17.6 Å². The molecule has 0 unspecified atom stereocenters. The molecule has 0 fully saturated rings. The number of aromatic amines is 1. The summed E-state index contributed by atoms with van der Waals surface area (Å²) in [5, 5.41) is 13.2. The number of carbonyl (C=O) groups excluding carboxylic acids is 1. The van der Waals surface area contributed by atoms with Crippen LogP contribution in [0.15, 0.2) is 42.7 Å². The zero-order chi connectivity index (χ0) is 16.4. The van der Waals surface area contributed by atoms with Crippen molar-refractivity contribution >= 4 is 36.4 Å². The standard InChI is InChI=1S/C17H18N6O.2ClH/c24-17(14-11-23-9-8-18-7-6-15(23)20-14)21-13-10-19-22-16(13)12-4-2-1-3-5-12;;/h1-5,10-11,18H,6-9H2,(H,19,22)(H,21,24);2*1H. The normalized spacial score (nSPS) is 12.9. The predicted octanol–water partition coefficient (Wildman–Crippen LogP) is 2.51. The Balaban J connectivity index is 0.00000121. The molecular formula is C17H20Cl2N6O. The highest BCUT2D eigenvalue weighted by Crippen LogP contribution is 2.25. The lowest BCUT2D eigenvalue weighted by atomic mass is 10.1. The van der Waals surface area contributed by atoms with Gasteiger partial charge in [-0.2, -0.15) is 5.10 Å². The maximum Gasteiger partial charge on any atom is 0.275 e. The topological polar surface area (TPSA) is 87.6 Å². The minimum Gasteiger partial charge on any atom is -0.333 e. The predicted molar refractivity (Wildman–Crippen MR) is 105 cm³/mol. The lowest BCUT2D eigenvalue weighted by Crippen LogP contribution is -2.18. The third-order valence-corrected chi connectivity index (χ3v) is 4.10. The summed E-state index contributed by atoms with van der Waals surface area (Å²) < 4.78 is 2.04. The van der Waals surface area contributed by atoms with Gasteiger partial charge < -0.3 is 15.2 Å². The number of H-pyrrole nitrogens is 1. The summed E-state index contributed by atoms with van der Waals surface area (Å²) in [5.41, 5.74) is 2.84. The van der Waals surface area contributed by atoms with Gasteiger partial charge >= 0.3 is 0 Å². The van der Waals surface area contributed by atoms with Crippen LogP contribution in [0.25, 0.3) is 11.3 Å². The average molecular weight is 395 g/mol. The number of nitrogens with zero attached hydrogens (tertiary/aromatic N) is 3. The Morgan fingerprint density at radius 3 is 2.77 bits per heavy atom. The number of hydrogen-bond acceptors (Lipinski definition) is 4. The molecule has 9 heteroatoms. The van der Waals surface area contributed by atoms with Gasteiger partial charge in [0.2, 0.25) is 0 Å². The number of carbonyl (C=O) groups is 1. The first-order valence-corrected chi connectivity index (χ1v) is 7.98. The number of nitrogens with one attached hydrogen (secondary N) is 3. The Morgan fingerprint density at radius 1 is 1.15 bits per heavy atom. The quantitative estimate of drug-likeness (QED) is 0.636. The van der Waals surface area contributed by atoms with E-state index in [2.05, 4.69) is 25.8 Å². The van der Waals surface area contributed by atoms with Gasteiger partial charge in [-0.15, -0.1) is 24.8 Å². The van der Waals surface area contributed by atoms with Crippen molar-refractivity contribution in [3.8, 4) is 11.3 Å². The van der Waals surface area contributed by atoms with E-state index in [4.69, 9.17) is 0 Å². The van der Waals surface area contributed by atoms with Crippen LogP contribution in [0, 0.1) is 0 Å². The maximum absolute atomic E-state index is 12.6. The molecule has 26 heavy (non-hydrogen) atoms. The zero-order valence-corrected chi connectivity index (χ0v) is 15.6. The summed E-state index contributed by atoms with van der Waals surface area (Å²) in [5.74, 6) is 0.725. The molecule has 0 spiro atoms. The van der Waals surface area contributed by atoms with Crippen molar-refractivity contribution in [3.05, 3.63) is 54.2 Å². The highest BCUT2D eigenvalue weighted by Gasteiger charge is 2.18. The molecular weight excluding hydrogens is 375 g/mol. The molecule has 3 N–H and O–H groups in total. The number of amides is 1. The molecule has 1 aromatic carbocycles. The van der Waals surface area contributed by atoms with Crippen LogP contribution in [0.3, 0.4) is 0 Å². The van der Waals surface area contributed by atoms with Crippen LogP contribution in [-0.4, -0.2) is 38.7 Å². The summed E-state index contributed by atoms with van der Waals surface area (Å²) in [6.07, 6.45) is 4.26. The van der Waals surface area contributed by atoms with E-state index in [1.165, 1.54) is 0 Å². The van der Waals surface area contributed by atoms with Crippen molar-refractivity contribution in [2.24, 2.45) is 0 Å². The lowest BCUT2D eigenvalue weighted by molar-refractivity contribution is 0.102. The second-order valence-electron chi connectivity index (χ2n) is 5.71. The molecule has 0 bridgehead atoms. The van der Waals surface area contributed by atoms with E-state index >= 15 is 0 Å². The van der Waals surface area contributed by atoms with Crippen LogP contribution < -0.4 is 10.6 Å². The summed E-state index contributed by atoms with van der Waals surface area (Å²) in [4.78, 5) is 17.0. The second-order valence-corrected chi connectivity index (χ2v) is 5.71. The number of fused-ring (bicyclic) bond motifs is 1. The smallest absolute Gasteiger partial charge is 0.275 e. The molecule has 1 aliphatic rings. The number of halogens is 2. The van der Waals surface area contributed by atoms with Crippen molar-refractivity contribution in [1.29, 1.82) is 0 Å². The monoisotopic (exact) mass is 394 g/mol.